The molecule has 0 saturated heterocycles. The first-order chi connectivity index (χ1) is 11.8. The van der Waals surface area contributed by atoms with Crippen molar-refractivity contribution >= 4 is 5.97 Å². The number of ether oxygens (including phenoxy) is 1. The van der Waals surface area contributed by atoms with Crippen LogP contribution in [-0.2, 0) is 16.8 Å². The number of hydrogen-bond donors (Lipinski definition) is 2. The Bertz CT molecular complexity index is 653. The third kappa shape index (κ3) is 3.34. The molecule has 0 radical (unpaired) electrons. The van der Waals surface area contributed by atoms with Crippen molar-refractivity contribution in [2.75, 3.05) is 6.61 Å². The van der Waals surface area contributed by atoms with E-state index < -0.39 is 11.6 Å². The summed E-state index contributed by atoms with van der Waals surface area (Å²) < 4.78 is 5.95. The normalized spacial score (nSPS) is 32.0. The van der Waals surface area contributed by atoms with E-state index >= 15 is 0 Å². The molecule has 3 rings (SSSR count). The number of hydrogen-bond acceptors (Lipinski definition) is 3. The van der Waals surface area contributed by atoms with Crippen LogP contribution in [0.1, 0.15) is 74.4 Å². The first-order valence-electron chi connectivity index (χ1n) is 9.46. The zero-order chi connectivity index (χ0) is 18.2. The van der Waals surface area contributed by atoms with Gasteiger partial charge in [-0.15, -0.1) is 0 Å². The second-order valence-electron chi connectivity index (χ2n) is 8.43. The largest absolute Gasteiger partial charge is 0.478 e. The molecule has 1 aliphatic heterocycles. The first kappa shape index (κ1) is 18.4. The molecule has 1 heterocycles. The summed E-state index contributed by atoms with van der Waals surface area (Å²) in [6, 6.07) is 5.49. The van der Waals surface area contributed by atoms with Gasteiger partial charge in [-0.3, -0.25) is 0 Å². The van der Waals surface area contributed by atoms with Crippen molar-refractivity contribution in [2.24, 2.45) is 11.8 Å². The maximum Gasteiger partial charge on any atom is 0.335 e. The van der Waals surface area contributed by atoms with E-state index in [2.05, 4.69) is 20.8 Å². The molecule has 1 aromatic carbocycles. The Morgan fingerprint density at radius 2 is 2.12 bits per heavy atom. The van der Waals surface area contributed by atoms with Crippen LogP contribution in [-0.4, -0.2) is 28.4 Å². The molecule has 0 spiro atoms. The third-order valence-electron chi connectivity index (χ3n) is 6.33. The predicted octanol–water partition coefficient (Wildman–Crippen LogP) is 4.14. The minimum atomic E-state index is -0.899. The SMILES string of the molecule is CC[C@@]12CC[C@](O)(CC(C)C)C[C@@H]1COCc1cc(C(=O)O)ccc12. The highest BCUT2D eigenvalue weighted by Gasteiger charge is 2.50. The fraction of sp³-hybridized carbons (Fsp3) is 0.667. The monoisotopic (exact) mass is 346 g/mol. The van der Waals surface area contributed by atoms with Gasteiger partial charge in [-0.1, -0.05) is 26.8 Å². The number of rotatable bonds is 4. The zero-order valence-corrected chi connectivity index (χ0v) is 15.5. The van der Waals surface area contributed by atoms with Crippen LogP contribution in [0.2, 0.25) is 0 Å². The second kappa shape index (κ2) is 6.73. The lowest BCUT2D eigenvalue weighted by atomic mass is 9.56. The number of carbonyl (C=O) groups is 1. The van der Waals surface area contributed by atoms with E-state index in [4.69, 9.17) is 4.74 Å². The molecule has 3 atom stereocenters. The number of carboxylic acid groups (broad SMARTS) is 1. The van der Waals surface area contributed by atoms with Crippen LogP contribution in [0.5, 0.6) is 0 Å². The minimum absolute atomic E-state index is 0.0217. The summed E-state index contributed by atoms with van der Waals surface area (Å²) in [4.78, 5) is 11.3. The topological polar surface area (TPSA) is 66.8 Å². The van der Waals surface area contributed by atoms with Gasteiger partial charge in [0, 0.05) is 5.41 Å². The lowest BCUT2D eigenvalue weighted by Crippen LogP contribution is -2.49. The maximum atomic E-state index is 11.3. The minimum Gasteiger partial charge on any atom is -0.478 e. The van der Waals surface area contributed by atoms with Gasteiger partial charge in [0.25, 0.3) is 0 Å². The Hall–Kier alpha value is -1.39. The second-order valence-corrected chi connectivity index (χ2v) is 8.43. The van der Waals surface area contributed by atoms with Gasteiger partial charge in [0.05, 0.1) is 24.4 Å². The average Bonchev–Trinajstić information content (AvgIpc) is 2.69. The predicted molar refractivity (Wildman–Crippen MR) is 96.8 cm³/mol. The number of benzene rings is 1. The summed E-state index contributed by atoms with van der Waals surface area (Å²) in [6.07, 6.45) is 4.31. The van der Waals surface area contributed by atoms with E-state index in [1.807, 2.05) is 6.07 Å². The van der Waals surface area contributed by atoms with Gasteiger partial charge in [-0.05, 0) is 67.2 Å². The van der Waals surface area contributed by atoms with Gasteiger partial charge in [0.15, 0.2) is 0 Å². The van der Waals surface area contributed by atoms with E-state index in [1.54, 1.807) is 12.1 Å². The highest BCUT2D eigenvalue weighted by molar-refractivity contribution is 5.88. The van der Waals surface area contributed by atoms with Crippen LogP contribution in [0.3, 0.4) is 0 Å². The molecule has 0 bridgehead atoms. The van der Waals surface area contributed by atoms with Crippen molar-refractivity contribution in [3.63, 3.8) is 0 Å². The average molecular weight is 346 g/mol. The molecule has 4 heteroatoms. The molecule has 138 valence electrons. The zero-order valence-electron chi connectivity index (χ0n) is 15.5. The summed E-state index contributed by atoms with van der Waals surface area (Å²) in [6.45, 7) is 7.61. The first-order valence-corrected chi connectivity index (χ1v) is 9.46. The van der Waals surface area contributed by atoms with Crippen molar-refractivity contribution in [2.45, 2.75) is 70.5 Å². The molecular weight excluding hydrogens is 316 g/mol. The van der Waals surface area contributed by atoms with Crippen LogP contribution in [0, 0.1) is 11.8 Å². The molecule has 1 aliphatic carbocycles. The van der Waals surface area contributed by atoms with Crippen molar-refractivity contribution in [3.05, 3.63) is 34.9 Å². The number of aliphatic hydroxyl groups is 1. The highest BCUT2D eigenvalue weighted by atomic mass is 16.5. The number of aromatic carboxylic acids is 1. The summed E-state index contributed by atoms with van der Waals surface area (Å²) in [5.74, 6) is -0.160. The molecule has 0 amide bonds. The Labute approximate surface area is 150 Å². The quantitative estimate of drug-likeness (QED) is 0.860. The van der Waals surface area contributed by atoms with Crippen molar-refractivity contribution < 1.29 is 19.7 Å². The fourth-order valence-corrected chi connectivity index (χ4v) is 5.23. The molecule has 1 aromatic rings. The van der Waals surface area contributed by atoms with Crippen molar-refractivity contribution in [3.8, 4) is 0 Å². The Morgan fingerprint density at radius 1 is 1.36 bits per heavy atom. The molecule has 25 heavy (non-hydrogen) atoms. The van der Waals surface area contributed by atoms with Crippen LogP contribution in [0.15, 0.2) is 18.2 Å². The molecule has 1 saturated carbocycles. The molecule has 2 N–H and O–H groups in total. The summed E-state index contributed by atoms with van der Waals surface area (Å²) in [7, 11) is 0. The van der Waals surface area contributed by atoms with Crippen LogP contribution in [0.25, 0.3) is 0 Å². The van der Waals surface area contributed by atoms with Gasteiger partial charge < -0.3 is 14.9 Å². The highest BCUT2D eigenvalue weighted by Crippen LogP contribution is 2.52. The number of carboxylic acids is 1. The summed E-state index contributed by atoms with van der Waals surface area (Å²) >= 11 is 0. The van der Waals surface area contributed by atoms with E-state index in [0.29, 0.717) is 24.7 Å². The molecule has 1 fully saturated rings. The fourth-order valence-electron chi connectivity index (χ4n) is 5.23. The van der Waals surface area contributed by atoms with Crippen molar-refractivity contribution in [1.82, 2.24) is 0 Å². The summed E-state index contributed by atoms with van der Waals surface area (Å²) in [5, 5.41) is 20.4. The Balaban J connectivity index is 1.99. The maximum absolute atomic E-state index is 11.3. The van der Waals surface area contributed by atoms with Gasteiger partial charge in [-0.25, -0.2) is 4.79 Å². The van der Waals surface area contributed by atoms with Gasteiger partial charge in [0.2, 0.25) is 0 Å². The molecular formula is C21H30O4. The van der Waals surface area contributed by atoms with Crippen LogP contribution < -0.4 is 0 Å². The molecule has 0 aromatic heterocycles. The van der Waals surface area contributed by atoms with Crippen LogP contribution >= 0.6 is 0 Å². The molecule has 2 aliphatic rings. The van der Waals surface area contributed by atoms with Crippen LogP contribution in [0.4, 0.5) is 0 Å². The lowest BCUT2D eigenvalue weighted by molar-refractivity contribution is -0.0763. The van der Waals surface area contributed by atoms with E-state index in [1.165, 1.54) is 5.56 Å². The standard InChI is InChI=1S/C21H30O4/c1-4-21-8-7-20(24,10-14(2)3)11-17(21)13-25-12-16-9-15(19(22)23)5-6-18(16)21/h5-6,9,14,17,24H,4,7-8,10-13H2,1-3H3,(H,22,23)/t17-,20+,21-/m1/s1. The Kier molecular flexibility index (Phi) is 4.95. The van der Waals surface area contributed by atoms with E-state index in [9.17, 15) is 15.0 Å². The molecule has 0 unspecified atom stereocenters. The van der Waals surface area contributed by atoms with Gasteiger partial charge in [0.1, 0.15) is 0 Å². The number of fused-ring (bicyclic) bond motifs is 3. The molecule has 4 nitrogen and oxygen atoms in total. The van der Waals surface area contributed by atoms with E-state index in [-0.39, 0.29) is 11.3 Å². The lowest BCUT2D eigenvalue weighted by Gasteiger charge is -2.50. The van der Waals surface area contributed by atoms with Crippen molar-refractivity contribution in [1.29, 1.82) is 0 Å². The summed E-state index contributed by atoms with van der Waals surface area (Å²) in [5.41, 5.74) is 1.92. The van der Waals surface area contributed by atoms with Gasteiger partial charge in [-0.2, -0.15) is 0 Å². The smallest absolute Gasteiger partial charge is 0.335 e. The van der Waals surface area contributed by atoms with Gasteiger partial charge >= 0.3 is 5.97 Å². The third-order valence-corrected chi connectivity index (χ3v) is 6.33. The Morgan fingerprint density at radius 3 is 2.76 bits per heavy atom. The van der Waals surface area contributed by atoms with E-state index in [0.717, 1.165) is 37.7 Å².